The zero-order valence-corrected chi connectivity index (χ0v) is 16.2. The number of hydrogen-bond donors (Lipinski definition) is 1. The summed E-state index contributed by atoms with van der Waals surface area (Å²) in [4.78, 5) is 14.0. The number of tetrazole rings is 1. The van der Waals surface area contributed by atoms with Crippen LogP contribution in [-0.2, 0) is 0 Å². The Labute approximate surface area is 171 Å². The molecular formula is C21H16ClN5O2. The van der Waals surface area contributed by atoms with Gasteiger partial charge in [0.25, 0.3) is 5.91 Å². The molecule has 0 aliphatic heterocycles. The van der Waals surface area contributed by atoms with Crippen LogP contribution < -0.4 is 10.1 Å². The minimum absolute atomic E-state index is 0.245. The van der Waals surface area contributed by atoms with Gasteiger partial charge in [0.2, 0.25) is 5.82 Å². The minimum atomic E-state index is -0.245. The van der Waals surface area contributed by atoms with Crippen molar-refractivity contribution in [2.75, 3.05) is 12.4 Å². The maximum absolute atomic E-state index is 12.6. The average Bonchev–Trinajstić information content (AvgIpc) is 3.25. The standard InChI is InChI=1S/C21H16ClN5O2/c1-29-17-12-6-14(7-13-17)21(28)23-19-5-3-2-4-18(19)20-24-26-27(25-20)16-10-8-15(22)9-11-16/h2-13H,1H3,(H,23,28). The lowest BCUT2D eigenvalue weighted by Crippen LogP contribution is -2.12. The molecule has 0 aliphatic rings. The van der Waals surface area contributed by atoms with Crippen molar-refractivity contribution >= 4 is 23.2 Å². The Morgan fingerprint density at radius 3 is 2.45 bits per heavy atom. The van der Waals surface area contributed by atoms with Gasteiger partial charge in [-0.15, -0.1) is 15.0 Å². The van der Waals surface area contributed by atoms with Gasteiger partial charge < -0.3 is 10.1 Å². The monoisotopic (exact) mass is 405 g/mol. The van der Waals surface area contributed by atoms with Crippen LogP contribution in [0, 0.1) is 0 Å². The lowest BCUT2D eigenvalue weighted by Gasteiger charge is -2.09. The van der Waals surface area contributed by atoms with Crippen LogP contribution >= 0.6 is 11.6 Å². The van der Waals surface area contributed by atoms with Crippen LogP contribution in [0.25, 0.3) is 17.1 Å². The first kappa shape index (κ1) is 18.6. The first-order valence-corrected chi connectivity index (χ1v) is 9.12. The number of nitrogens with one attached hydrogen (secondary N) is 1. The molecule has 4 aromatic rings. The molecule has 7 nitrogen and oxygen atoms in total. The van der Waals surface area contributed by atoms with Gasteiger partial charge in [0, 0.05) is 16.1 Å². The summed E-state index contributed by atoms with van der Waals surface area (Å²) in [6, 6.07) is 21.3. The largest absolute Gasteiger partial charge is 0.497 e. The van der Waals surface area contributed by atoms with E-state index in [0.717, 1.165) is 5.69 Å². The fourth-order valence-electron chi connectivity index (χ4n) is 2.73. The summed E-state index contributed by atoms with van der Waals surface area (Å²) in [5.41, 5.74) is 2.49. The van der Waals surface area contributed by atoms with Gasteiger partial charge in [-0.1, -0.05) is 23.7 Å². The normalized spacial score (nSPS) is 10.6. The number of halogens is 1. The van der Waals surface area contributed by atoms with Crippen molar-refractivity contribution in [3.63, 3.8) is 0 Å². The highest BCUT2D eigenvalue weighted by atomic mass is 35.5. The van der Waals surface area contributed by atoms with Crippen molar-refractivity contribution in [1.82, 2.24) is 20.2 Å². The van der Waals surface area contributed by atoms with Gasteiger partial charge in [0.1, 0.15) is 5.75 Å². The minimum Gasteiger partial charge on any atom is -0.497 e. The van der Waals surface area contributed by atoms with E-state index in [-0.39, 0.29) is 5.91 Å². The summed E-state index contributed by atoms with van der Waals surface area (Å²) >= 11 is 5.92. The molecule has 0 spiro atoms. The number of benzene rings is 3. The van der Waals surface area contributed by atoms with Crippen molar-refractivity contribution in [2.45, 2.75) is 0 Å². The molecule has 0 aliphatic carbocycles. The van der Waals surface area contributed by atoms with E-state index in [9.17, 15) is 4.79 Å². The number of methoxy groups -OCH3 is 1. The fraction of sp³-hybridized carbons (Fsp3) is 0.0476. The third-order valence-electron chi connectivity index (χ3n) is 4.24. The van der Waals surface area contributed by atoms with E-state index in [1.165, 1.54) is 4.80 Å². The SMILES string of the molecule is COc1ccc(C(=O)Nc2ccccc2-c2nnn(-c3ccc(Cl)cc3)n2)cc1. The van der Waals surface area contributed by atoms with E-state index >= 15 is 0 Å². The first-order valence-electron chi connectivity index (χ1n) is 8.75. The third-order valence-corrected chi connectivity index (χ3v) is 4.49. The zero-order chi connectivity index (χ0) is 20.2. The Balaban J connectivity index is 1.60. The van der Waals surface area contributed by atoms with Gasteiger partial charge in [-0.2, -0.15) is 0 Å². The topological polar surface area (TPSA) is 81.9 Å². The Bertz CT molecular complexity index is 1140. The molecule has 1 amide bonds. The molecule has 8 heteroatoms. The Morgan fingerprint density at radius 2 is 1.72 bits per heavy atom. The zero-order valence-electron chi connectivity index (χ0n) is 15.4. The molecule has 0 fully saturated rings. The van der Waals surface area contributed by atoms with E-state index in [2.05, 4.69) is 20.7 Å². The van der Waals surface area contributed by atoms with Crippen LogP contribution in [0.2, 0.25) is 5.02 Å². The Kier molecular flexibility index (Phi) is 5.22. The van der Waals surface area contributed by atoms with Crippen LogP contribution in [0.15, 0.2) is 72.8 Å². The lowest BCUT2D eigenvalue weighted by molar-refractivity contribution is 0.102. The summed E-state index contributed by atoms with van der Waals surface area (Å²) in [5.74, 6) is 0.834. The number of anilines is 1. The average molecular weight is 406 g/mol. The molecule has 0 saturated carbocycles. The van der Waals surface area contributed by atoms with Gasteiger partial charge in [-0.25, -0.2) is 0 Å². The lowest BCUT2D eigenvalue weighted by atomic mass is 10.1. The smallest absolute Gasteiger partial charge is 0.255 e. The highest BCUT2D eigenvalue weighted by molar-refractivity contribution is 6.30. The number of carbonyl (C=O) groups is 1. The van der Waals surface area contributed by atoms with Crippen LogP contribution in [0.4, 0.5) is 5.69 Å². The predicted molar refractivity (Wildman–Crippen MR) is 111 cm³/mol. The van der Waals surface area contributed by atoms with E-state index in [4.69, 9.17) is 16.3 Å². The molecule has 29 heavy (non-hydrogen) atoms. The van der Waals surface area contributed by atoms with Crippen LogP contribution in [0.1, 0.15) is 10.4 Å². The maximum Gasteiger partial charge on any atom is 0.255 e. The molecule has 144 valence electrons. The number of hydrogen-bond acceptors (Lipinski definition) is 5. The highest BCUT2D eigenvalue weighted by Gasteiger charge is 2.14. The number of amides is 1. The van der Waals surface area contributed by atoms with Crippen molar-refractivity contribution in [3.8, 4) is 22.8 Å². The highest BCUT2D eigenvalue weighted by Crippen LogP contribution is 2.25. The molecular weight excluding hydrogens is 390 g/mol. The molecule has 1 heterocycles. The van der Waals surface area contributed by atoms with Crippen LogP contribution in [0.3, 0.4) is 0 Å². The van der Waals surface area contributed by atoms with Gasteiger partial charge in [-0.3, -0.25) is 4.79 Å². The number of aromatic nitrogens is 4. The summed E-state index contributed by atoms with van der Waals surface area (Å²) in [7, 11) is 1.58. The van der Waals surface area contributed by atoms with Gasteiger partial charge in [0.05, 0.1) is 18.5 Å². The molecule has 0 saturated heterocycles. The van der Waals surface area contributed by atoms with E-state index in [1.807, 2.05) is 18.2 Å². The Hall–Kier alpha value is -3.71. The molecule has 0 atom stereocenters. The van der Waals surface area contributed by atoms with Gasteiger partial charge in [0.15, 0.2) is 0 Å². The Morgan fingerprint density at radius 1 is 1.00 bits per heavy atom. The van der Waals surface area contributed by atoms with Crippen LogP contribution in [-0.4, -0.2) is 33.2 Å². The van der Waals surface area contributed by atoms with Crippen molar-refractivity contribution in [2.24, 2.45) is 0 Å². The van der Waals surface area contributed by atoms with Crippen molar-refractivity contribution in [1.29, 1.82) is 0 Å². The number of carbonyl (C=O) groups excluding carboxylic acids is 1. The molecule has 0 unspecified atom stereocenters. The quantitative estimate of drug-likeness (QED) is 0.537. The molecule has 4 rings (SSSR count). The summed E-state index contributed by atoms with van der Waals surface area (Å²) in [5, 5.41) is 16.2. The first-order chi connectivity index (χ1) is 14.1. The van der Waals surface area contributed by atoms with E-state index in [1.54, 1.807) is 61.7 Å². The molecule has 3 aromatic carbocycles. The van der Waals surface area contributed by atoms with Gasteiger partial charge >= 0.3 is 0 Å². The molecule has 0 radical (unpaired) electrons. The number of para-hydroxylation sites is 1. The summed E-state index contributed by atoms with van der Waals surface area (Å²) < 4.78 is 5.12. The van der Waals surface area contributed by atoms with Gasteiger partial charge in [-0.05, 0) is 65.9 Å². The second-order valence-electron chi connectivity index (χ2n) is 6.11. The number of ether oxygens (including phenoxy) is 1. The number of nitrogens with zero attached hydrogens (tertiary/aromatic N) is 4. The molecule has 1 N–H and O–H groups in total. The van der Waals surface area contributed by atoms with E-state index in [0.29, 0.717) is 33.4 Å². The number of rotatable bonds is 5. The second kappa shape index (κ2) is 8.12. The van der Waals surface area contributed by atoms with Crippen LogP contribution in [0.5, 0.6) is 5.75 Å². The van der Waals surface area contributed by atoms with Crippen molar-refractivity contribution in [3.05, 3.63) is 83.4 Å². The summed E-state index contributed by atoms with van der Waals surface area (Å²) in [6.07, 6.45) is 0. The van der Waals surface area contributed by atoms with E-state index < -0.39 is 0 Å². The van der Waals surface area contributed by atoms with Crippen molar-refractivity contribution < 1.29 is 9.53 Å². The predicted octanol–water partition coefficient (Wildman–Crippen LogP) is 4.24. The molecule has 0 bridgehead atoms. The fourth-order valence-corrected chi connectivity index (χ4v) is 2.86. The maximum atomic E-state index is 12.6. The second-order valence-corrected chi connectivity index (χ2v) is 6.54. The molecule has 1 aromatic heterocycles. The third kappa shape index (κ3) is 4.09. The summed E-state index contributed by atoms with van der Waals surface area (Å²) in [6.45, 7) is 0.